The number of nitrogens with zero attached hydrogens (tertiary/aromatic N) is 2. The maximum Gasteiger partial charge on any atom is 0.143 e. The van der Waals surface area contributed by atoms with Gasteiger partial charge in [-0.25, -0.2) is 4.39 Å². The summed E-state index contributed by atoms with van der Waals surface area (Å²) in [5, 5.41) is 18.4. The van der Waals surface area contributed by atoms with Gasteiger partial charge in [0.25, 0.3) is 0 Å². The van der Waals surface area contributed by atoms with Gasteiger partial charge in [0.15, 0.2) is 0 Å². The molecule has 0 saturated carbocycles. The third-order valence-corrected chi connectivity index (χ3v) is 3.33. The van der Waals surface area contributed by atoms with Crippen LogP contribution in [0.2, 0.25) is 0 Å². The Labute approximate surface area is 105 Å². The first-order chi connectivity index (χ1) is 8.71. The number of hydrogen-bond donors (Lipinski definition) is 1. The molecular weight excluding hydrogens is 235 g/mol. The molecule has 0 aliphatic carbocycles. The molecule has 2 rings (SSSR count). The summed E-state index contributed by atoms with van der Waals surface area (Å²) >= 11 is 0. The molecule has 0 radical (unpaired) electrons. The van der Waals surface area contributed by atoms with Crippen LogP contribution in [-0.4, -0.2) is 37.5 Å². The largest absolute Gasteiger partial charge is 0.394 e. The zero-order valence-corrected chi connectivity index (χ0v) is 10.1. The van der Waals surface area contributed by atoms with Crippen LogP contribution in [0, 0.1) is 17.1 Å². The van der Waals surface area contributed by atoms with Crippen molar-refractivity contribution in [2.45, 2.75) is 18.6 Å². The first-order valence-corrected chi connectivity index (χ1v) is 5.80. The molecular formula is C13H15FN2O2. The normalized spacial score (nSPS) is 23.1. The van der Waals surface area contributed by atoms with Crippen molar-refractivity contribution < 1.29 is 14.2 Å². The quantitative estimate of drug-likeness (QED) is 0.878. The smallest absolute Gasteiger partial charge is 0.143 e. The Hall–Kier alpha value is -1.64. The van der Waals surface area contributed by atoms with Crippen LogP contribution in [0.15, 0.2) is 18.2 Å². The van der Waals surface area contributed by atoms with Crippen LogP contribution in [-0.2, 0) is 4.74 Å². The van der Waals surface area contributed by atoms with E-state index in [2.05, 4.69) is 0 Å². The number of anilines is 1. The van der Waals surface area contributed by atoms with Crippen molar-refractivity contribution >= 4 is 5.69 Å². The van der Waals surface area contributed by atoms with Crippen molar-refractivity contribution in [3.8, 4) is 6.07 Å². The zero-order chi connectivity index (χ0) is 13.1. The van der Waals surface area contributed by atoms with E-state index in [0.717, 1.165) is 0 Å². The molecule has 4 nitrogen and oxygen atoms in total. The lowest BCUT2D eigenvalue weighted by Crippen LogP contribution is -2.33. The van der Waals surface area contributed by atoms with E-state index >= 15 is 0 Å². The summed E-state index contributed by atoms with van der Waals surface area (Å²) in [6.45, 7) is 0.515. The molecule has 1 aromatic carbocycles. The van der Waals surface area contributed by atoms with Crippen LogP contribution in [0.5, 0.6) is 0 Å². The van der Waals surface area contributed by atoms with E-state index in [1.165, 1.54) is 6.07 Å². The summed E-state index contributed by atoms with van der Waals surface area (Å²) in [5.74, 6) is -0.535. The molecule has 1 aliphatic heterocycles. The van der Waals surface area contributed by atoms with Gasteiger partial charge in [0.1, 0.15) is 17.4 Å². The van der Waals surface area contributed by atoms with Crippen LogP contribution in [0.25, 0.3) is 0 Å². The Bertz CT molecular complexity index is 473. The molecule has 18 heavy (non-hydrogen) atoms. The Morgan fingerprint density at radius 2 is 2.39 bits per heavy atom. The van der Waals surface area contributed by atoms with Gasteiger partial charge in [0, 0.05) is 13.7 Å². The molecule has 1 saturated heterocycles. The lowest BCUT2D eigenvalue weighted by Gasteiger charge is -2.25. The van der Waals surface area contributed by atoms with Crippen LogP contribution in [0.3, 0.4) is 0 Å². The minimum atomic E-state index is -0.535. The van der Waals surface area contributed by atoms with Gasteiger partial charge in [-0.1, -0.05) is 6.07 Å². The topological polar surface area (TPSA) is 56.5 Å². The van der Waals surface area contributed by atoms with Gasteiger partial charge < -0.3 is 14.7 Å². The lowest BCUT2D eigenvalue weighted by molar-refractivity contribution is 0.115. The monoisotopic (exact) mass is 250 g/mol. The predicted molar refractivity (Wildman–Crippen MR) is 64.7 cm³/mol. The summed E-state index contributed by atoms with van der Waals surface area (Å²) in [4.78, 5) is 1.84. The van der Waals surface area contributed by atoms with Gasteiger partial charge in [-0.05, 0) is 18.6 Å². The molecule has 1 heterocycles. The average Bonchev–Trinajstić information content (AvgIpc) is 2.81. The summed E-state index contributed by atoms with van der Waals surface area (Å²) in [6.07, 6.45) is 0.672. The van der Waals surface area contributed by atoms with Crippen molar-refractivity contribution in [2.24, 2.45) is 0 Å². The Morgan fingerprint density at radius 1 is 1.61 bits per heavy atom. The molecule has 0 aromatic heterocycles. The molecule has 0 spiro atoms. The summed E-state index contributed by atoms with van der Waals surface area (Å²) in [7, 11) is 1.61. The highest BCUT2D eigenvalue weighted by Gasteiger charge is 2.33. The van der Waals surface area contributed by atoms with Gasteiger partial charge in [0.05, 0.1) is 24.4 Å². The van der Waals surface area contributed by atoms with E-state index in [9.17, 15) is 9.50 Å². The van der Waals surface area contributed by atoms with Crippen molar-refractivity contribution in [1.82, 2.24) is 0 Å². The van der Waals surface area contributed by atoms with E-state index in [1.54, 1.807) is 19.2 Å². The van der Waals surface area contributed by atoms with E-state index in [-0.39, 0.29) is 24.3 Å². The number of ether oxygens (including phenoxy) is 1. The van der Waals surface area contributed by atoms with E-state index in [0.29, 0.717) is 18.7 Å². The SMILES string of the molecule is CO[C@H]1C[C@@H](CO)N(c2cccc(F)c2C#N)C1. The highest BCUT2D eigenvalue weighted by molar-refractivity contribution is 5.61. The number of aliphatic hydroxyl groups is 1. The van der Waals surface area contributed by atoms with E-state index < -0.39 is 5.82 Å². The van der Waals surface area contributed by atoms with Gasteiger partial charge in [0.2, 0.25) is 0 Å². The highest BCUT2D eigenvalue weighted by atomic mass is 19.1. The minimum absolute atomic E-state index is 0.00281. The second-order valence-corrected chi connectivity index (χ2v) is 4.33. The van der Waals surface area contributed by atoms with Crippen LogP contribution in [0.4, 0.5) is 10.1 Å². The fourth-order valence-electron chi connectivity index (χ4n) is 2.38. The number of rotatable bonds is 3. The highest BCUT2D eigenvalue weighted by Crippen LogP contribution is 2.30. The molecule has 1 fully saturated rings. The molecule has 5 heteroatoms. The fraction of sp³-hybridized carbons (Fsp3) is 0.462. The number of nitriles is 1. The van der Waals surface area contributed by atoms with Crippen molar-refractivity contribution in [3.05, 3.63) is 29.6 Å². The van der Waals surface area contributed by atoms with Gasteiger partial charge in [-0.3, -0.25) is 0 Å². The van der Waals surface area contributed by atoms with Crippen LogP contribution >= 0.6 is 0 Å². The standard InChI is InChI=1S/C13H15FN2O2/c1-18-10-5-9(8-17)16(7-10)13-4-2-3-12(14)11(13)6-15/h2-4,9-10,17H,5,7-8H2,1H3/t9-,10-/m0/s1. The fourth-order valence-corrected chi connectivity index (χ4v) is 2.38. The first kappa shape index (κ1) is 12.8. The summed E-state index contributed by atoms with van der Waals surface area (Å²) in [6, 6.07) is 6.27. The van der Waals surface area contributed by atoms with Crippen molar-refractivity contribution in [3.63, 3.8) is 0 Å². The van der Waals surface area contributed by atoms with Crippen LogP contribution < -0.4 is 4.90 Å². The molecule has 1 aromatic rings. The number of halogens is 1. The Balaban J connectivity index is 2.37. The van der Waals surface area contributed by atoms with Gasteiger partial charge in [-0.2, -0.15) is 5.26 Å². The van der Waals surface area contributed by atoms with Crippen molar-refractivity contribution in [1.29, 1.82) is 5.26 Å². The molecule has 96 valence electrons. The third kappa shape index (κ3) is 2.17. The Morgan fingerprint density at radius 3 is 3.00 bits per heavy atom. The molecule has 0 amide bonds. The van der Waals surface area contributed by atoms with Gasteiger partial charge >= 0.3 is 0 Å². The molecule has 1 N–H and O–H groups in total. The molecule has 1 aliphatic rings. The second-order valence-electron chi connectivity index (χ2n) is 4.33. The van der Waals surface area contributed by atoms with E-state index in [1.807, 2.05) is 11.0 Å². The number of aliphatic hydroxyl groups excluding tert-OH is 1. The molecule has 0 unspecified atom stereocenters. The molecule has 2 atom stereocenters. The number of benzene rings is 1. The lowest BCUT2D eigenvalue weighted by atomic mass is 10.1. The Kier molecular flexibility index (Phi) is 3.80. The first-order valence-electron chi connectivity index (χ1n) is 5.80. The maximum absolute atomic E-state index is 13.6. The molecule has 0 bridgehead atoms. The minimum Gasteiger partial charge on any atom is -0.394 e. The summed E-state index contributed by atoms with van der Waals surface area (Å²) < 4.78 is 18.8. The summed E-state index contributed by atoms with van der Waals surface area (Å²) in [5.41, 5.74) is 0.545. The van der Waals surface area contributed by atoms with Gasteiger partial charge in [-0.15, -0.1) is 0 Å². The third-order valence-electron chi connectivity index (χ3n) is 3.33. The average molecular weight is 250 g/mol. The maximum atomic E-state index is 13.6. The number of hydrogen-bond acceptors (Lipinski definition) is 4. The second kappa shape index (κ2) is 5.34. The zero-order valence-electron chi connectivity index (χ0n) is 10.1. The predicted octanol–water partition coefficient (Wildman–Crippen LogP) is 1.28. The van der Waals surface area contributed by atoms with Crippen LogP contribution in [0.1, 0.15) is 12.0 Å². The number of methoxy groups -OCH3 is 1. The van der Waals surface area contributed by atoms with Crippen molar-refractivity contribution in [2.75, 3.05) is 25.2 Å². The van der Waals surface area contributed by atoms with E-state index in [4.69, 9.17) is 10.00 Å².